The molecule has 0 saturated carbocycles. The summed E-state index contributed by atoms with van der Waals surface area (Å²) in [4.78, 5) is 0. The van der Waals surface area contributed by atoms with Crippen molar-refractivity contribution in [2.45, 2.75) is 317 Å². The summed E-state index contributed by atoms with van der Waals surface area (Å²) in [5.74, 6) is 0. The first-order valence-corrected chi connectivity index (χ1v) is 26.3. The highest BCUT2D eigenvalue weighted by Gasteiger charge is 2.11. The summed E-state index contributed by atoms with van der Waals surface area (Å²) < 4.78 is 0. The molecule has 1 rings (SSSR count). The lowest BCUT2D eigenvalue weighted by Gasteiger charge is -2.17. The Balaban J connectivity index is 2.40. The van der Waals surface area contributed by atoms with E-state index in [1.54, 1.807) is 16.7 Å². The second kappa shape index (κ2) is 42.8. The highest BCUT2D eigenvalue weighted by Crippen LogP contribution is 2.26. The van der Waals surface area contributed by atoms with Crippen molar-refractivity contribution in [1.29, 1.82) is 0 Å². The van der Waals surface area contributed by atoms with Crippen LogP contribution in [0.15, 0.2) is 12.1 Å². The van der Waals surface area contributed by atoms with Gasteiger partial charge in [0.05, 0.1) is 0 Å². The third kappa shape index (κ3) is 34.9. The molecule has 0 unspecified atom stereocenters. The van der Waals surface area contributed by atoms with E-state index in [0.29, 0.717) is 0 Å². The van der Waals surface area contributed by atoms with Gasteiger partial charge in [0.2, 0.25) is 0 Å². The van der Waals surface area contributed by atoms with Gasteiger partial charge >= 0.3 is 0 Å². The van der Waals surface area contributed by atoms with E-state index < -0.39 is 0 Å². The van der Waals surface area contributed by atoms with Crippen LogP contribution < -0.4 is 0 Å². The Morgan fingerprint density at radius 1 is 0.236 bits per heavy atom. The van der Waals surface area contributed by atoms with Gasteiger partial charge in [0, 0.05) is 0 Å². The zero-order valence-electron chi connectivity index (χ0n) is 39.0. The summed E-state index contributed by atoms with van der Waals surface area (Å²) in [6, 6.07) is 5.19. The molecule has 1 aromatic rings. The van der Waals surface area contributed by atoms with Crippen molar-refractivity contribution in [3.63, 3.8) is 0 Å². The fraction of sp³-hybridized carbons (Fsp3) is 0.891. The van der Waals surface area contributed by atoms with Gasteiger partial charge in [-0.1, -0.05) is 289 Å². The number of benzene rings is 1. The van der Waals surface area contributed by atoms with E-state index in [-0.39, 0.29) is 0 Å². The molecule has 1 aromatic carbocycles. The Morgan fingerprint density at radius 3 is 0.636 bits per heavy atom. The van der Waals surface area contributed by atoms with Gasteiger partial charge < -0.3 is 0 Å². The van der Waals surface area contributed by atoms with E-state index in [1.807, 2.05) is 0 Å². The molecule has 0 radical (unpaired) electrons. The first kappa shape index (κ1) is 52.2. The summed E-state index contributed by atoms with van der Waals surface area (Å²) >= 11 is 0. The normalized spacial score (nSPS) is 11.6. The molecule has 0 aliphatic heterocycles. The smallest absolute Gasteiger partial charge is 0.0273 e. The second-order valence-corrected chi connectivity index (χ2v) is 18.6. The zero-order chi connectivity index (χ0) is 39.5. The van der Waals surface area contributed by atoms with Gasteiger partial charge in [-0.2, -0.15) is 0 Å². The van der Waals surface area contributed by atoms with Gasteiger partial charge in [-0.25, -0.2) is 0 Å². The van der Waals surface area contributed by atoms with Crippen molar-refractivity contribution in [2.24, 2.45) is 0 Å². The molecule has 0 aliphatic carbocycles. The van der Waals surface area contributed by atoms with E-state index in [4.69, 9.17) is 0 Å². The molecule has 0 heteroatoms. The van der Waals surface area contributed by atoms with Crippen LogP contribution in [0, 0.1) is 6.92 Å². The molecular weight excluding hydrogens is 661 g/mol. The van der Waals surface area contributed by atoms with Crippen LogP contribution in [0.2, 0.25) is 0 Å². The fourth-order valence-corrected chi connectivity index (χ4v) is 9.26. The number of rotatable bonds is 45. The first-order valence-electron chi connectivity index (χ1n) is 26.3. The minimum atomic E-state index is 1.32. The average molecular weight is 765 g/mol. The van der Waals surface area contributed by atoms with Crippen LogP contribution in [0.3, 0.4) is 0 Å². The number of unbranched alkanes of at least 4 members (excludes halogenated alkanes) is 39. The lowest BCUT2D eigenvalue weighted by Crippen LogP contribution is -2.03. The van der Waals surface area contributed by atoms with E-state index in [2.05, 4.69) is 39.8 Å². The van der Waals surface area contributed by atoms with Gasteiger partial charge in [-0.3, -0.25) is 0 Å². The maximum atomic E-state index is 2.59. The molecule has 55 heavy (non-hydrogen) atoms. The lowest BCUT2D eigenvalue weighted by atomic mass is 9.88. The second-order valence-electron chi connectivity index (χ2n) is 18.6. The highest BCUT2D eigenvalue weighted by atomic mass is 14.2. The maximum absolute atomic E-state index is 2.59. The molecule has 0 aliphatic rings. The number of aryl methyl sites for hydroxylation is 3. The minimum Gasteiger partial charge on any atom is -0.0654 e. The molecule has 0 amide bonds. The Hall–Kier alpha value is -0.780. The van der Waals surface area contributed by atoms with Crippen molar-refractivity contribution in [3.8, 4) is 0 Å². The van der Waals surface area contributed by atoms with Gasteiger partial charge in [-0.15, -0.1) is 0 Å². The third-order valence-corrected chi connectivity index (χ3v) is 13.0. The topological polar surface area (TPSA) is 0 Å². The minimum absolute atomic E-state index is 1.32. The predicted molar refractivity (Wildman–Crippen MR) is 253 cm³/mol. The molecule has 0 aromatic heterocycles. The number of hydrogen-bond acceptors (Lipinski definition) is 0. The molecule has 0 bridgehead atoms. The predicted octanol–water partition coefficient (Wildman–Crippen LogP) is 20.1. The Kier molecular flexibility index (Phi) is 40.7. The van der Waals surface area contributed by atoms with Gasteiger partial charge in [0.1, 0.15) is 0 Å². The number of hydrogen-bond donors (Lipinski definition) is 0. The SMILES string of the molecule is CCCCCCCCCCCCCCCCc1cc(C)cc(CCCCCCCCCCCCCCCC)c1CCCCCCCCCCCCCCCC. The van der Waals surface area contributed by atoms with E-state index in [0.717, 1.165) is 0 Å². The standard InChI is InChI=1S/C55H104/c1-5-8-11-14-17-20-23-26-29-32-35-38-41-44-47-53-50-52(4)51-54(48-45-42-39-36-33-30-27-24-21-18-15-12-9-6-2)55(53)49-46-43-40-37-34-31-28-25-22-19-16-13-10-7-3/h50-51H,5-49H2,1-4H3. The van der Waals surface area contributed by atoms with Crippen LogP contribution in [0.1, 0.15) is 313 Å². The molecule has 0 saturated heterocycles. The third-order valence-electron chi connectivity index (χ3n) is 13.0. The van der Waals surface area contributed by atoms with E-state index in [1.165, 1.54) is 295 Å². The quantitative estimate of drug-likeness (QED) is 0.0580. The summed E-state index contributed by atoms with van der Waals surface area (Å²) in [6.45, 7) is 9.33. The van der Waals surface area contributed by atoms with E-state index >= 15 is 0 Å². The largest absolute Gasteiger partial charge is 0.0654 e. The molecule has 0 atom stereocenters. The maximum Gasteiger partial charge on any atom is -0.0273 e. The Bertz CT molecular complexity index is 827. The summed E-state index contributed by atoms with van der Waals surface area (Å²) in [5.41, 5.74) is 6.77. The van der Waals surface area contributed by atoms with E-state index in [9.17, 15) is 0 Å². The van der Waals surface area contributed by atoms with Crippen molar-refractivity contribution >= 4 is 0 Å². The summed E-state index contributed by atoms with van der Waals surface area (Å²) in [7, 11) is 0. The fourth-order valence-electron chi connectivity index (χ4n) is 9.26. The van der Waals surface area contributed by atoms with Crippen LogP contribution in [-0.4, -0.2) is 0 Å². The molecule has 0 spiro atoms. The molecule has 0 N–H and O–H groups in total. The highest BCUT2D eigenvalue weighted by molar-refractivity contribution is 5.39. The van der Waals surface area contributed by atoms with Gasteiger partial charge in [0.15, 0.2) is 0 Å². The molecule has 0 fully saturated rings. The van der Waals surface area contributed by atoms with Crippen LogP contribution in [-0.2, 0) is 19.3 Å². The van der Waals surface area contributed by atoms with Crippen molar-refractivity contribution < 1.29 is 0 Å². The molecule has 324 valence electrons. The zero-order valence-corrected chi connectivity index (χ0v) is 39.0. The Morgan fingerprint density at radius 2 is 0.418 bits per heavy atom. The average Bonchev–Trinajstić information content (AvgIpc) is 3.18. The monoisotopic (exact) mass is 765 g/mol. The van der Waals surface area contributed by atoms with Gasteiger partial charge in [0.25, 0.3) is 0 Å². The van der Waals surface area contributed by atoms with Crippen LogP contribution in [0.25, 0.3) is 0 Å². The summed E-state index contributed by atoms with van der Waals surface area (Å²) in [6.07, 6.45) is 64.9. The first-order chi connectivity index (χ1) is 27.2. The molecule has 0 nitrogen and oxygen atoms in total. The van der Waals surface area contributed by atoms with Crippen molar-refractivity contribution in [2.75, 3.05) is 0 Å². The van der Waals surface area contributed by atoms with Crippen LogP contribution >= 0.6 is 0 Å². The molecular formula is C55H104. The van der Waals surface area contributed by atoms with Crippen LogP contribution in [0.5, 0.6) is 0 Å². The lowest BCUT2D eigenvalue weighted by molar-refractivity contribution is 0.533. The van der Waals surface area contributed by atoms with Gasteiger partial charge in [-0.05, 0) is 62.1 Å². The molecule has 0 heterocycles. The van der Waals surface area contributed by atoms with Crippen LogP contribution in [0.4, 0.5) is 0 Å². The van der Waals surface area contributed by atoms with Crippen molar-refractivity contribution in [3.05, 3.63) is 34.4 Å². The Labute approximate surface area is 349 Å². The van der Waals surface area contributed by atoms with Crippen molar-refractivity contribution in [1.82, 2.24) is 0 Å². The summed E-state index contributed by atoms with van der Waals surface area (Å²) in [5, 5.41) is 0.